The highest BCUT2D eigenvalue weighted by molar-refractivity contribution is 6.00. The number of benzene rings is 1. The molecule has 1 aromatic carbocycles. The molecule has 2 amide bonds. The molecule has 36 heavy (non-hydrogen) atoms. The number of amides is 2. The Hall–Kier alpha value is -4.34. The zero-order valence-corrected chi connectivity index (χ0v) is 20.0. The number of pyridine rings is 1. The molecule has 1 aliphatic rings. The van der Waals surface area contributed by atoms with E-state index in [-0.39, 0.29) is 29.5 Å². The third kappa shape index (κ3) is 3.94. The molecule has 3 aromatic heterocycles. The van der Waals surface area contributed by atoms with Crippen LogP contribution in [-0.4, -0.2) is 48.4 Å². The van der Waals surface area contributed by atoms with E-state index in [1.54, 1.807) is 41.6 Å². The molecule has 4 heterocycles. The summed E-state index contributed by atoms with van der Waals surface area (Å²) in [5.41, 5.74) is 15.6. The van der Waals surface area contributed by atoms with Crippen LogP contribution >= 0.6 is 0 Å². The number of nitrogens with two attached hydrogens (primary N) is 2. The Kier molecular flexibility index (Phi) is 5.87. The van der Waals surface area contributed by atoms with Crippen LogP contribution in [0.2, 0.25) is 0 Å². The summed E-state index contributed by atoms with van der Waals surface area (Å²) in [7, 11) is 0. The van der Waals surface area contributed by atoms with Crippen molar-refractivity contribution in [3.8, 4) is 22.4 Å². The maximum Gasteiger partial charge on any atom is 0.315 e. The zero-order chi connectivity index (χ0) is 25.6. The number of nitrogen functional groups attached to an aromatic ring is 1. The van der Waals surface area contributed by atoms with Gasteiger partial charge in [-0.05, 0) is 51.3 Å². The van der Waals surface area contributed by atoms with Gasteiger partial charge in [0.25, 0.3) is 0 Å². The van der Waals surface area contributed by atoms with Crippen LogP contribution in [0.4, 0.5) is 15.0 Å². The molecular formula is C26H26FN7O2. The first-order valence-electron chi connectivity index (χ1n) is 11.7. The lowest BCUT2D eigenvalue weighted by atomic mass is 9.89. The minimum atomic E-state index is -0.446. The quantitative estimate of drug-likeness (QED) is 0.397. The molecule has 0 bridgehead atoms. The molecule has 2 atom stereocenters. The normalized spacial score (nSPS) is 17.2. The van der Waals surface area contributed by atoms with Gasteiger partial charge in [-0.1, -0.05) is 18.2 Å². The average molecular weight is 488 g/mol. The van der Waals surface area contributed by atoms with Crippen molar-refractivity contribution in [3.63, 3.8) is 0 Å². The molecule has 1 aliphatic heterocycles. The summed E-state index contributed by atoms with van der Waals surface area (Å²) in [5.74, 6) is -0.350. The first-order valence-corrected chi connectivity index (χ1v) is 11.7. The number of anilines is 1. The summed E-state index contributed by atoms with van der Waals surface area (Å²) in [6.45, 7) is 3.40. The number of fused-ring (bicyclic) bond motifs is 1. The highest BCUT2D eigenvalue weighted by Gasteiger charge is 2.37. The third-order valence-corrected chi connectivity index (χ3v) is 6.78. The van der Waals surface area contributed by atoms with Crippen molar-refractivity contribution >= 4 is 23.3 Å². The van der Waals surface area contributed by atoms with Crippen LogP contribution in [0.5, 0.6) is 0 Å². The Labute approximate surface area is 206 Å². The Morgan fingerprint density at radius 3 is 2.56 bits per heavy atom. The standard InChI is InChI=1S/C26H26FN7O2/c1-14-11-17(33(14)26(29)36)8-10-22-23(15(2)35)24(28)34-25(32-22)19(13-31-34)16-7-9-21(30-12-16)18-5-3-4-6-20(18)27/h3-7,9,12-14,17H,8,10-11,28H2,1-2H3,(H2,29,36)/t14?,17-/m1/s1. The lowest BCUT2D eigenvalue weighted by molar-refractivity contribution is 0.0631. The molecule has 0 spiro atoms. The highest BCUT2D eigenvalue weighted by atomic mass is 19.1. The minimum Gasteiger partial charge on any atom is -0.383 e. The van der Waals surface area contributed by atoms with E-state index in [4.69, 9.17) is 16.5 Å². The van der Waals surface area contributed by atoms with Gasteiger partial charge < -0.3 is 16.4 Å². The number of carbonyl (C=O) groups is 2. The minimum absolute atomic E-state index is 0.00364. The first kappa shape index (κ1) is 23.4. The highest BCUT2D eigenvalue weighted by Crippen LogP contribution is 2.32. The number of Topliss-reactive ketones (excluding diaryl/α,β-unsaturated/α-hetero) is 1. The van der Waals surface area contributed by atoms with Gasteiger partial charge in [-0.25, -0.2) is 14.2 Å². The van der Waals surface area contributed by atoms with Gasteiger partial charge in [0.1, 0.15) is 11.6 Å². The zero-order valence-electron chi connectivity index (χ0n) is 20.0. The van der Waals surface area contributed by atoms with Crippen molar-refractivity contribution in [1.82, 2.24) is 24.5 Å². The predicted molar refractivity (Wildman–Crippen MR) is 134 cm³/mol. The van der Waals surface area contributed by atoms with Gasteiger partial charge >= 0.3 is 6.03 Å². The van der Waals surface area contributed by atoms with Crippen LogP contribution in [-0.2, 0) is 6.42 Å². The van der Waals surface area contributed by atoms with Gasteiger partial charge in [0, 0.05) is 35.0 Å². The van der Waals surface area contributed by atoms with Crippen LogP contribution in [0.15, 0.2) is 48.8 Å². The lowest BCUT2D eigenvalue weighted by Crippen LogP contribution is -2.59. The summed E-state index contributed by atoms with van der Waals surface area (Å²) in [6, 6.07) is 9.66. The van der Waals surface area contributed by atoms with Crippen LogP contribution in [0.25, 0.3) is 28.0 Å². The van der Waals surface area contributed by atoms with Crippen LogP contribution < -0.4 is 11.5 Å². The second-order valence-corrected chi connectivity index (χ2v) is 9.10. The van der Waals surface area contributed by atoms with Gasteiger partial charge in [0.15, 0.2) is 11.4 Å². The number of hydrogen-bond acceptors (Lipinski definition) is 6. The summed E-state index contributed by atoms with van der Waals surface area (Å²) in [5, 5.41) is 4.36. The average Bonchev–Trinajstić information content (AvgIpc) is 3.25. The molecule has 0 radical (unpaired) electrons. The van der Waals surface area contributed by atoms with E-state index in [1.807, 2.05) is 13.0 Å². The van der Waals surface area contributed by atoms with E-state index in [2.05, 4.69) is 10.1 Å². The molecule has 0 aliphatic carbocycles. The number of aryl methyl sites for hydroxylation is 1. The van der Waals surface area contributed by atoms with Crippen molar-refractivity contribution in [2.75, 3.05) is 5.73 Å². The number of rotatable bonds is 6. The topological polar surface area (TPSA) is 132 Å². The summed E-state index contributed by atoms with van der Waals surface area (Å²) >= 11 is 0. The summed E-state index contributed by atoms with van der Waals surface area (Å²) in [4.78, 5) is 35.1. The number of likely N-dealkylation sites (tertiary alicyclic amines) is 1. The summed E-state index contributed by atoms with van der Waals surface area (Å²) in [6.07, 6.45) is 5.16. The van der Waals surface area contributed by atoms with E-state index in [1.165, 1.54) is 17.5 Å². The van der Waals surface area contributed by atoms with E-state index < -0.39 is 6.03 Å². The molecule has 9 nitrogen and oxygen atoms in total. The molecule has 10 heteroatoms. The second-order valence-electron chi connectivity index (χ2n) is 9.10. The molecule has 0 saturated carbocycles. The molecule has 1 fully saturated rings. The summed E-state index contributed by atoms with van der Waals surface area (Å²) < 4.78 is 15.6. The van der Waals surface area contributed by atoms with Gasteiger partial charge in [0.2, 0.25) is 0 Å². The van der Waals surface area contributed by atoms with E-state index in [9.17, 15) is 14.0 Å². The lowest BCUT2D eigenvalue weighted by Gasteiger charge is -2.46. The smallest absolute Gasteiger partial charge is 0.315 e. The Morgan fingerprint density at radius 2 is 1.92 bits per heavy atom. The number of nitrogens with zero attached hydrogens (tertiary/aromatic N) is 5. The van der Waals surface area contributed by atoms with Gasteiger partial charge in [-0.3, -0.25) is 9.78 Å². The van der Waals surface area contributed by atoms with E-state index in [0.29, 0.717) is 46.6 Å². The molecular weight excluding hydrogens is 461 g/mol. The fourth-order valence-electron chi connectivity index (χ4n) is 5.01. The maximum atomic E-state index is 14.2. The molecule has 5 rings (SSSR count). The molecule has 4 N–H and O–H groups in total. The first-order chi connectivity index (χ1) is 17.3. The van der Waals surface area contributed by atoms with Gasteiger partial charge in [-0.15, -0.1) is 0 Å². The van der Waals surface area contributed by atoms with E-state index in [0.717, 1.165) is 12.0 Å². The SMILES string of the molecule is CC(=O)c1c(CC[C@@H]2CC(C)N2C(N)=O)nc2c(-c3ccc(-c4ccccc4F)nc3)cnn2c1N. The molecule has 184 valence electrons. The Bertz CT molecular complexity index is 1480. The van der Waals surface area contributed by atoms with Crippen molar-refractivity contribution in [1.29, 1.82) is 0 Å². The van der Waals surface area contributed by atoms with Crippen molar-refractivity contribution in [2.45, 2.75) is 45.2 Å². The van der Waals surface area contributed by atoms with Crippen LogP contribution in [0.3, 0.4) is 0 Å². The van der Waals surface area contributed by atoms with Crippen LogP contribution in [0, 0.1) is 5.82 Å². The number of halogens is 1. The monoisotopic (exact) mass is 487 g/mol. The van der Waals surface area contributed by atoms with Gasteiger partial charge in [-0.2, -0.15) is 9.61 Å². The third-order valence-electron chi connectivity index (χ3n) is 6.78. The molecule has 1 saturated heterocycles. The number of hydrogen-bond donors (Lipinski definition) is 2. The van der Waals surface area contributed by atoms with E-state index >= 15 is 0 Å². The van der Waals surface area contributed by atoms with Crippen molar-refractivity contribution in [3.05, 3.63) is 65.9 Å². The predicted octanol–water partition coefficient (Wildman–Crippen LogP) is 3.86. The van der Waals surface area contributed by atoms with Gasteiger partial charge in [0.05, 0.1) is 23.1 Å². The Balaban J connectivity index is 1.50. The number of carbonyl (C=O) groups excluding carboxylic acids is 2. The number of ketones is 1. The number of aromatic nitrogens is 4. The Morgan fingerprint density at radius 1 is 1.14 bits per heavy atom. The second kappa shape index (κ2) is 9.03. The number of urea groups is 1. The maximum absolute atomic E-state index is 14.2. The molecule has 4 aromatic rings. The fourth-order valence-corrected chi connectivity index (χ4v) is 5.01. The van der Waals surface area contributed by atoms with Crippen molar-refractivity contribution < 1.29 is 14.0 Å². The van der Waals surface area contributed by atoms with Crippen molar-refractivity contribution in [2.24, 2.45) is 5.73 Å². The van der Waals surface area contributed by atoms with Crippen LogP contribution in [0.1, 0.15) is 42.7 Å². The fraction of sp³-hybridized carbons (Fsp3) is 0.269. The largest absolute Gasteiger partial charge is 0.383 e. The molecule has 1 unspecified atom stereocenters. The number of primary amides is 1.